The molecule has 1 amide bonds. The molecule has 0 atom stereocenters. The lowest BCUT2D eigenvalue weighted by Gasteiger charge is -2.04. The number of carbonyl (C=O) groups excluding carboxylic acids is 1. The van der Waals surface area contributed by atoms with Crippen LogP contribution in [0.4, 0.5) is 8.78 Å². The topological polar surface area (TPSA) is 42.0 Å². The van der Waals surface area contributed by atoms with Crippen LogP contribution >= 0.6 is 22.9 Å². The van der Waals surface area contributed by atoms with Crippen LogP contribution < -0.4 is 5.32 Å². The fraction of sp³-hybridized carbons (Fsp3) is 0.0667. The third-order valence-electron chi connectivity index (χ3n) is 2.99. The van der Waals surface area contributed by atoms with E-state index in [1.807, 2.05) is 0 Å². The quantitative estimate of drug-likeness (QED) is 0.779. The average molecular weight is 339 g/mol. The summed E-state index contributed by atoms with van der Waals surface area (Å²) in [5.74, 6) is -1.57. The number of fused-ring (bicyclic) bond motifs is 1. The molecule has 0 saturated carbocycles. The van der Waals surface area contributed by atoms with Crippen molar-refractivity contribution < 1.29 is 13.6 Å². The number of rotatable bonds is 3. The van der Waals surface area contributed by atoms with Gasteiger partial charge in [0.05, 0.1) is 10.2 Å². The third-order valence-corrected chi connectivity index (χ3v) is 4.26. The Hall–Kier alpha value is -2.05. The van der Waals surface area contributed by atoms with E-state index in [2.05, 4.69) is 10.3 Å². The molecule has 0 radical (unpaired) electrons. The molecule has 0 aliphatic carbocycles. The fourth-order valence-electron chi connectivity index (χ4n) is 1.93. The van der Waals surface area contributed by atoms with E-state index in [0.29, 0.717) is 10.5 Å². The Labute approximate surface area is 133 Å². The number of hydrogen-bond donors (Lipinski definition) is 1. The molecule has 0 aliphatic heterocycles. The van der Waals surface area contributed by atoms with Crippen LogP contribution in [0.5, 0.6) is 0 Å². The molecular formula is C15H9ClF2N2OS. The average Bonchev–Trinajstić information content (AvgIpc) is 2.91. The minimum Gasteiger partial charge on any atom is -0.346 e. The molecule has 3 rings (SSSR count). The van der Waals surface area contributed by atoms with Gasteiger partial charge in [0.2, 0.25) is 0 Å². The molecule has 22 heavy (non-hydrogen) atoms. The molecule has 3 aromatic rings. The van der Waals surface area contributed by atoms with Crippen LogP contribution in [0, 0.1) is 11.6 Å². The second kappa shape index (κ2) is 5.98. The first-order chi connectivity index (χ1) is 10.5. The Morgan fingerprint density at radius 1 is 1.23 bits per heavy atom. The van der Waals surface area contributed by atoms with Crippen molar-refractivity contribution in [2.45, 2.75) is 6.54 Å². The molecule has 0 fully saturated rings. The molecule has 112 valence electrons. The van der Waals surface area contributed by atoms with Crippen molar-refractivity contribution in [1.29, 1.82) is 0 Å². The highest BCUT2D eigenvalue weighted by Crippen LogP contribution is 2.25. The van der Waals surface area contributed by atoms with Crippen LogP contribution in [0.25, 0.3) is 10.2 Å². The first-order valence-electron chi connectivity index (χ1n) is 6.31. The van der Waals surface area contributed by atoms with Gasteiger partial charge in [0.15, 0.2) is 5.01 Å². The molecule has 0 aliphatic rings. The van der Waals surface area contributed by atoms with Crippen molar-refractivity contribution in [1.82, 2.24) is 10.3 Å². The van der Waals surface area contributed by atoms with Gasteiger partial charge in [0.25, 0.3) is 5.91 Å². The number of carbonyl (C=O) groups is 1. The molecule has 0 saturated heterocycles. The van der Waals surface area contributed by atoms with Gasteiger partial charge in [0, 0.05) is 17.1 Å². The van der Waals surface area contributed by atoms with Crippen molar-refractivity contribution in [3.05, 3.63) is 63.6 Å². The Morgan fingerprint density at radius 2 is 2.05 bits per heavy atom. The number of halogens is 3. The zero-order valence-corrected chi connectivity index (χ0v) is 12.6. The van der Waals surface area contributed by atoms with Gasteiger partial charge in [-0.2, -0.15) is 0 Å². The normalized spacial score (nSPS) is 10.9. The lowest BCUT2D eigenvalue weighted by molar-refractivity contribution is 0.0950. The van der Waals surface area contributed by atoms with Gasteiger partial charge in [0.1, 0.15) is 11.6 Å². The number of nitrogens with zero attached hydrogens (tertiary/aromatic N) is 1. The van der Waals surface area contributed by atoms with E-state index < -0.39 is 17.5 Å². The monoisotopic (exact) mass is 338 g/mol. The summed E-state index contributed by atoms with van der Waals surface area (Å²) in [5, 5.41) is 3.31. The number of aromatic nitrogens is 1. The van der Waals surface area contributed by atoms with Crippen LogP contribution in [0.15, 0.2) is 36.4 Å². The minimum absolute atomic E-state index is 0.0810. The van der Waals surface area contributed by atoms with Gasteiger partial charge in [-0.1, -0.05) is 11.6 Å². The molecule has 3 nitrogen and oxygen atoms in total. The molecule has 1 heterocycles. The second-order valence-corrected chi connectivity index (χ2v) is 6.02. The molecule has 0 bridgehead atoms. The van der Waals surface area contributed by atoms with E-state index in [-0.39, 0.29) is 17.1 Å². The van der Waals surface area contributed by atoms with Gasteiger partial charge in [-0.05, 0) is 36.4 Å². The fourth-order valence-corrected chi connectivity index (χ4v) is 2.96. The summed E-state index contributed by atoms with van der Waals surface area (Å²) in [5.41, 5.74) is 0.706. The highest BCUT2D eigenvalue weighted by molar-refractivity contribution is 7.20. The molecule has 7 heteroatoms. The van der Waals surface area contributed by atoms with Crippen molar-refractivity contribution in [3.63, 3.8) is 0 Å². The summed E-state index contributed by atoms with van der Waals surface area (Å²) in [7, 11) is 0. The predicted molar refractivity (Wildman–Crippen MR) is 82.2 cm³/mol. The van der Waals surface area contributed by atoms with Crippen molar-refractivity contribution in [3.8, 4) is 0 Å². The van der Waals surface area contributed by atoms with Crippen molar-refractivity contribution in [2.24, 2.45) is 0 Å². The molecular weight excluding hydrogens is 330 g/mol. The van der Waals surface area contributed by atoms with E-state index in [1.165, 1.54) is 11.3 Å². The molecule has 0 spiro atoms. The van der Waals surface area contributed by atoms with E-state index in [4.69, 9.17) is 11.6 Å². The number of benzene rings is 2. The Bertz CT molecular complexity index is 866. The molecule has 1 N–H and O–H groups in total. The highest BCUT2D eigenvalue weighted by atomic mass is 35.5. The Balaban J connectivity index is 1.77. The number of amides is 1. The smallest absolute Gasteiger partial charge is 0.280 e. The summed E-state index contributed by atoms with van der Waals surface area (Å²) in [6, 6.07) is 8.25. The maximum absolute atomic E-state index is 13.5. The second-order valence-electron chi connectivity index (χ2n) is 4.55. The van der Waals surface area contributed by atoms with Crippen LogP contribution in [-0.2, 0) is 6.54 Å². The zero-order chi connectivity index (χ0) is 15.7. The Morgan fingerprint density at radius 3 is 2.86 bits per heavy atom. The van der Waals surface area contributed by atoms with Crippen LogP contribution in [-0.4, -0.2) is 10.9 Å². The van der Waals surface area contributed by atoms with Crippen molar-refractivity contribution in [2.75, 3.05) is 0 Å². The van der Waals surface area contributed by atoms with Crippen molar-refractivity contribution >= 4 is 39.1 Å². The highest BCUT2D eigenvalue weighted by Gasteiger charge is 2.13. The third kappa shape index (κ3) is 3.08. The van der Waals surface area contributed by atoms with Gasteiger partial charge in [-0.15, -0.1) is 11.3 Å². The van der Waals surface area contributed by atoms with Crippen LogP contribution in [0.3, 0.4) is 0 Å². The number of nitrogens with one attached hydrogen (secondary N) is 1. The zero-order valence-electron chi connectivity index (χ0n) is 11.1. The first-order valence-corrected chi connectivity index (χ1v) is 7.50. The summed E-state index contributed by atoms with van der Waals surface area (Å²) in [4.78, 5) is 16.2. The largest absolute Gasteiger partial charge is 0.346 e. The molecule has 1 aromatic heterocycles. The molecule has 2 aromatic carbocycles. The maximum Gasteiger partial charge on any atom is 0.280 e. The Kier molecular flexibility index (Phi) is 4.04. The summed E-state index contributed by atoms with van der Waals surface area (Å²) in [6.45, 7) is -0.112. The predicted octanol–water partition coefficient (Wildman–Crippen LogP) is 4.16. The van der Waals surface area contributed by atoms with Gasteiger partial charge < -0.3 is 5.32 Å². The van der Waals surface area contributed by atoms with E-state index in [0.717, 1.165) is 22.9 Å². The lowest BCUT2D eigenvalue weighted by atomic mass is 10.2. The van der Waals surface area contributed by atoms with Crippen LogP contribution in [0.1, 0.15) is 15.4 Å². The first kappa shape index (κ1) is 14.9. The summed E-state index contributed by atoms with van der Waals surface area (Å²) >= 11 is 7.07. The lowest BCUT2D eigenvalue weighted by Crippen LogP contribution is -2.23. The molecule has 0 unspecified atom stereocenters. The standard InChI is InChI=1S/C15H9ClF2N2OS/c16-9-1-4-13-12(6-9)20-15(22-13)14(21)19-7-8-5-10(17)2-3-11(8)18/h1-6H,7H2,(H,19,21). The van der Waals surface area contributed by atoms with E-state index in [1.54, 1.807) is 18.2 Å². The summed E-state index contributed by atoms with van der Waals surface area (Å²) in [6.07, 6.45) is 0. The minimum atomic E-state index is -0.571. The maximum atomic E-state index is 13.5. The van der Waals surface area contributed by atoms with Gasteiger partial charge >= 0.3 is 0 Å². The number of thiazole rings is 1. The number of hydrogen-bond acceptors (Lipinski definition) is 3. The summed E-state index contributed by atoms with van der Waals surface area (Å²) < 4.78 is 27.4. The SMILES string of the molecule is O=C(NCc1cc(F)ccc1F)c1nc2cc(Cl)ccc2s1. The van der Waals surface area contributed by atoms with Crippen LogP contribution in [0.2, 0.25) is 5.02 Å². The van der Waals surface area contributed by atoms with Gasteiger partial charge in [-0.3, -0.25) is 4.79 Å². The van der Waals surface area contributed by atoms with Gasteiger partial charge in [-0.25, -0.2) is 13.8 Å². The van der Waals surface area contributed by atoms with E-state index >= 15 is 0 Å². The van der Waals surface area contributed by atoms with E-state index in [9.17, 15) is 13.6 Å².